The maximum Gasteiger partial charge on any atom is 0.344 e. The van der Waals surface area contributed by atoms with Crippen LogP contribution in [0.3, 0.4) is 0 Å². The molecule has 1 amide bonds. The van der Waals surface area contributed by atoms with Crippen LogP contribution in [0.15, 0.2) is 84.2 Å². The summed E-state index contributed by atoms with van der Waals surface area (Å²) >= 11 is 1.31. The molecule has 0 spiro atoms. The molecule has 33 heavy (non-hydrogen) atoms. The number of para-hydroxylation sites is 1. The third kappa shape index (κ3) is 6.05. The first kappa shape index (κ1) is 22.2. The van der Waals surface area contributed by atoms with Crippen LogP contribution in [0.4, 0.5) is 5.13 Å². The molecule has 166 valence electrons. The Balaban J connectivity index is 1.26. The summed E-state index contributed by atoms with van der Waals surface area (Å²) in [6, 6.07) is 25.2. The van der Waals surface area contributed by atoms with E-state index in [1.807, 2.05) is 85.1 Å². The SMILES string of the molecule is Cc1ccc(-c2csc(NC(=O)COC(=O)COc3ccccc3-c3ccccc3)n2)cc1. The second kappa shape index (κ2) is 10.6. The van der Waals surface area contributed by atoms with Gasteiger partial charge in [-0.25, -0.2) is 9.78 Å². The predicted octanol–water partition coefficient (Wildman–Crippen LogP) is 5.35. The minimum absolute atomic E-state index is 0.300. The van der Waals surface area contributed by atoms with E-state index < -0.39 is 18.5 Å². The molecule has 0 saturated carbocycles. The number of amides is 1. The molecule has 4 aromatic rings. The van der Waals surface area contributed by atoms with E-state index in [0.29, 0.717) is 10.9 Å². The summed E-state index contributed by atoms with van der Waals surface area (Å²) in [5, 5.41) is 4.96. The van der Waals surface area contributed by atoms with E-state index in [9.17, 15) is 9.59 Å². The van der Waals surface area contributed by atoms with Crippen LogP contribution in [0.25, 0.3) is 22.4 Å². The van der Waals surface area contributed by atoms with Gasteiger partial charge in [-0.1, -0.05) is 78.4 Å². The number of anilines is 1. The second-order valence-corrected chi connectivity index (χ2v) is 8.12. The van der Waals surface area contributed by atoms with Crippen molar-refractivity contribution in [3.63, 3.8) is 0 Å². The van der Waals surface area contributed by atoms with E-state index in [2.05, 4.69) is 10.3 Å². The van der Waals surface area contributed by atoms with Crippen LogP contribution in [-0.4, -0.2) is 30.1 Å². The van der Waals surface area contributed by atoms with Crippen LogP contribution in [-0.2, 0) is 14.3 Å². The van der Waals surface area contributed by atoms with Crippen molar-refractivity contribution in [2.45, 2.75) is 6.92 Å². The third-order valence-corrected chi connectivity index (χ3v) is 5.54. The molecule has 0 fully saturated rings. The number of thiazole rings is 1. The molecule has 0 atom stereocenters. The number of rotatable bonds is 8. The Morgan fingerprint density at radius 3 is 2.39 bits per heavy atom. The zero-order valence-electron chi connectivity index (χ0n) is 18.0. The highest BCUT2D eigenvalue weighted by molar-refractivity contribution is 7.14. The zero-order valence-corrected chi connectivity index (χ0v) is 18.8. The molecule has 0 aliphatic carbocycles. The highest BCUT2D eigenvalue weighted by Gasteiger charge is 2.13. The molecule has 0 radical (unpaired) electrons. The Labute approximate surface area is 195 Å². The normalized spacial score (nSPS) is 10.5. The van der Waals surface area contributed by atoms with Crippen molar-refractivity contribution < 1.29 is 19.1 Å². The van der Waals surface area contributed by atoms with Crippen molar-refractivity contribution in [2.24, 2.45) is 0 Å². The lowest BCUT2D eigenvalue weighted by atomic mass is 10.1. The average molecular weight is 459 g/mol. The standard InChI is InChI=1S/C26H22N2O4S/c1-18-11-13-20(14-12-18)22-17-33-26(27-22)28-24(29)15-32-25(30)16-31-23-10-6-5-9-21(23)19-7-3-2-4-8-19/h2-14,17H,15-16H2,1H3,(H,27,28,29). The number of nitrogens with one attached hydrogen (secondary N) is 1. The summed E-state index contributed by atoms with van der Waals surface area (Å²) in [7, 11) is 0. The molecular weight excluding hydrogens is 436 g/mol. The van der Waals surface area contributed by atoms with Gasteiger partial charge >= 0.3 is 5.97 Å². The van der Waals surface area contributed by atoms with E-state index in [1.54, 1.807) is 6.07 Å². The molecule has 0 unspecified atom stereocenters. The quantitative estimate of drug-likeness (QED) is 0.360. The van der Waals surface area contributed by atoms with E-state index in [-0.39, 0.29) is 6.61 Å². The molecule has 0 aliphatic rings. The Morgan fingerprint density at radius 2 is 1.61 bits per heavy atom. The lowest BCUT2D eigenvalue weighted by molar-refractivity contribution is -0.149. The summed E-state index contributed by atoms with van der Waals surface area (Å²) in [5.41, 5.74) is 4.76. The molecule has 4 rings (SSSR count). The molecule has 1 heterocycles. The number of esters is 1. The molecule has 1 aromatic heterocycles. The Hall–Kier alpha value is -3.97. The number of aryl methyl sites for hydroxylation is 1. The van der Waals surface area contributed by atoms with Crippen molar-refractivity contribution in [3.8, 4) is 28.1 Å². The lowest BCUT2D eigenvalue weighted by Gasteiger charge is -2.11. The molecular formula is C26H22N2O4S. The monoisotopic (exact) mass is 458 g/mol. The largest absolute Gasteiger partial charge is 0.481 e. The smallest absolute Gasteiger partial charge is 0.344 e. The number of hydrogen-bond acceptors (Lipinski definition) is 6. The molecule has 3 aromatic carbocycles. The topological polar surface area (TPSA) is 77.5 Å². The van der Waals surface area contributed by atoms with Crippen molar-refractivity contribution in [1.29, 1.82) is 0 Å². The van der Waals surface area contributed by atoms with Gasteiger partial charge in [-0.3, -0.25) is 10.1 Å². The highest BCUT2D eigenvalue weighted by atomic mass is 32.1. The summed E-state index contributed by atoms with van der Waals surface area (Å²) < 4.78 is 10.7. The van der Waals surface area contributed by atoms with Crippen LogP contribution in [0, 0.1) is 6.92 Å². The van der Waals surface area contributed by atoms with Gasteiger partial charge in [0.15, 0.2) is 18.3 Å². The average Bonchev–Trinajstić information content (AvgIpc) is 3.31. The molecule has 1 N–H and O–H groups in total. The van der Waals surface area contributed by atoms with E-state index in [0.717, 1.165) is 27.9 Å². The van der Waals surface area contributed by atoms with Gasteiger partial charge in [0.05, 0.1) is 5.69 Å². The molecule has 0 bridgehead atoms. The maximum atomic E-state index is 12.2. The van der Waals surface area contributed by atoms with Crippen molar-refractivity contribution in [3.05, 3.63) is 89.8 Å². The number of carbonyl (C=O) groups excluding carboxylic acids is 2. The highest BCUT2D eigenvalue weighted by Crippen LogP contribution is 2.29. The maximum absolute atomic E-state index is 12.2. The van der Waals surface area contributed by atoms with Gasteiger partial charge in [0.25, 0.3) is 5.91 Å². The minimum atomic E-state index is -0.632. The summed E-state index contributed by atoms with van der Waals surface area (Å²) in [4.78, 5) is 28.7. The fourth-order valence-electron chi connectivity index (χ4n) is 3.12. The zero-order chi connectivity index (χ0) is 23.0. The second-order valence-electron chi connectivity index (χ2n) is 7.26. The number of benzene rings is 3. The summed E-state index contributed by atoms with van der Waals surface area (Å²) in [5.74, 6) is -0.526. The van der Waals surface area contributed by atoms with Gasteiger partial charge < -0.3 is 9.47 Å². The van der Waals surface area contributed by atoms with Gasteiger partial charge in [-0.15, -0.1) is 11.3 Å². The van der Waals surface area contributed by atoms with Crippen LogP contribution < -0.4 is 10.1 Å². The van der Waals surface area contributed by atoms with Crippen LogP contribution in [0.2, 0.25) is 0 Å². The molecule has 7 heteroatoms. The fourth-order valence-corrected chi connectivity index (χ4v) is 3.85. The Morgan fingerprint density at radius 1 is 0.879 bits per heavy atom. The van der Waals surface area contributed by atoms with Crippen LogP contribution >= 0.6 is 11.3 Å². The first-order chi connectivity index (χ1) is 16.1. The molecule has 6 nitrogen and oxygen atoms in total. The first-order valence-corrected chi connectivity index (χ1v) is 11.2. The fraction of sp³-hybridized carbons (Fsp3) is 0.115. The van der Waals surface area contributed by atoms with E-state index in [1.165, 1.54) is 11.3 Å². The van der Waals surface area contributed by atoms with Crippen LogP contribution in [0.5, 0.6) is 5.75 Å². The van der Waals surface area contributed by atoms with Gasteiger partial charge in [0.1, 0.15) is 5.75 Å². The number of nitrogens with zero attached hydrogens (tertiary/aromatic N) is 1. The van der Waals surface area contributed by atoms with Gasteiger partial charge in [0.2, 0.25) is 0 Å². The predicted molar refractivity (Wildman–Crippen MR) is 129 cm³/mol. The van der Waals surface area contributed by atoms with E-state index >= 15 is 0 Å². The third-order valence-electron chi connectivity index (χ3n) is 4.78. The number of carbonyl (C=O) groups is 2. The molecule has 0 aliphatic heterocycles. The number of aromatic nitrogens is 1. The summed E-state index contributed by atoms with van der Waals surface area (Å²) in [6.45, 7) is 1.30. The minimum Gasteiger partial charge on any atom is -0.481 e. The Kier molecular flexibility index (Phi) is 7.12. The van der Waals surface area contributed by atoms with Gasteiger partial charge in [-0.2, -0.15) is 0 Å². The molecule has 0 saturated heterocycles. The first-order valence-electron chi connectivity index (χ1n) is 10.3. The van der Waals surface area contributed by atoms with Crippen molar-refractivity contribution >= 4 is 28.3 Å². The van der Waals surface area contributed by atoms with Gasteiger partial charge in [-0.05, 0) is 18.6 Å². The summed E-state index contributed by atoms with van der Waals surface area (Å²) in [6.07, 6.45) is 0. The number of ether oxygens (including phenoxy) is 2. The van der Waals surface area contributed by atoms with Crippen molar-refractivity contribution in [2.75, 3.05) is 18.5 Å². The lowest BCUT2D eigenvalue weighted by Crippen LogP contribution is -2.23. The van der Waals surface area contributed by atoms with Gasteiger partial charge in [0, 0.05) is 16.5 Å². The van der Waals surface area contributed by atoms with E-state index in [4.69, 9.17) is 9.47 Å². The van der Waals surface area contributed by atoms with Crippen molar-refractivity contribution in [1.82, 2.24) is 4.98 Å². The Bertz CT molecular complexity index is 1240. The number of hydrogen-bond donors (Lipinski definition) is 1. The van der Waals surface area contributed by atoms with Crippen LogP contribution in [0.1, 0.15) is 5.56 Å².